The van der Waals surface area contributed by atoms with Gasteiger partial charge in [-0.2, -0.15) is 0 Å². The lowest BCUT2D eigenvalue weighted by Crippen LogP contribution is -2.12. The minimum absolute atomic E-state index is 0.218. The normalized spacial score (nSPS) is 10.5. The van der Waals surface area contributed by atoms with Gasteiger partial charge in [-0.1, -0.05) is 24.3 Å². The average Bonchev–Trinajstić information content (AvgIpc) is 3.01. The molecule has 1 amide bonds. The lowest BCUT2D eigenvalue weighted by molar-refractivity contribution is 0.0998. The monoisotopic (exact) mass is 311 g/mol. The van der Waals surface area contributed by atoms with Gasteiger partial charge in [0.15, 0.2) is 17.1 Å². The minimum atomic E-state index is -0.338. The largest absolute Gasteiger partial charge is 0.493 e. The summed E-state index contributed by atoms with van der Waals surface area (Å²) in [5.74, 6) is 1.10. The summed E-state index contributed by atoms with van der Waals surface area (Å²) in [6.45, 7) is 2.42. The fraction of sp³-hybridized carbons (Fsp3) is 0.167. The molecule has 0 aliphatic heterocycles. The summed E-state index contributed by atoms with van der Waals surface area (Å²) in [4.78, 5) is 12.4. The predicted molar refractivity (Wildman–Crippen MR) is 88.3 cm³/mol. The number of rotatable bonds is 5. The summed E-state index contributed by atoms with van der Waals surface area (Å²) >= 11 is 0. The second-order valence-corrected chi connectivity index (χ2v) is 4.87. The first-order valence-electron chi connectivity index (χ1n) is 7.32. The van der Waals surface area contributed by atoms with E-state index in [1.807, 2.05) is 31.2 Å². The summed E-state index contributed by atoms with van der Waals surface area (Å²) in [5.41, 5.74) is 1.16. The van der Waals surface area contributed by atoms with Crippen molar-refractivity contribution in [1.29, 1.82) is 0 Å². The number of methoxy groups -OCH3 is 1. The van der Waals surface area contributed by atoms with Crippen molar-refractivity contribution in [1.82, 2.24) is 0 Å². The number of fused-ring (bicyclic) bond motifs is 1. The van der Waals surface area contributed by atoms with Crippen molar-refractivity contribution in [2.24, 2.45) is 0 Å². The van der Waals surface area contributed by atoms with Gasteiger partial charge in [0.05, 0.1) is 19.4 Å². The lowest BCUT2D eigenvalue weighted by Gasteiger charge is -2.10. The zero-order valence-electron chi connectivity index (χ0n) is 13.0. The number of benzene rings is 2. The van der Waals surface area contributed by atoms with Crippen LogP contribution in [0.2, 0.25) is 0 Å². The number of carbonyl (C=O) groups is 1. The average molecular weight is 311 g/mol. The molecular weight excluding hydrogens is 294 g/mol. The van der Waals surface area contributed by atoms with Crippen molar-refractivity contribution >= 4 is 22.6 Å². The Balaban J connectivity index is 1.89. The number of ether oxygens (including phenoxy) is 2. The van der Waals surface area contributed by atoms with Crippen molar-refractivity contribution in [3.05, 3.63) is 54.3 Å². The highest BCUT2D eigenvalue weighted by Crippen LogP contribution is 2.30. The van der Waals surface area contributed by atoms with Crippen molar-refractivity contribution in [2.75, 3.05) is 19.0 Å². The molecule has 0 atom stereocenters. The highest BCUT2D eigenvalue weighted by Gasteiger charge is 2.16. The first-order valence-corrected chi connectivity index (χ1v) is 7.32. The van der Waals surface area contributed by atoms with Crippen LogP contribution in [0.3, 0.4) is 0 Å². The van der Waals surface area contributed by atoms with Crippen LogP contribution in [0, 0.1) is 0 Å². The van der Waals surface area contributed by atoms with Crippen molar-refractivity contribution < 1.29 is 18.7 Å². The zero-order valence-corrected chi connectivity index (χ0v) is 13.0. The van der Waals surface area contributed by atoms with Crippen LogP contribution in [0.5, 0.6) is 11.5 Å². The van der Waals surface area contributed by atoms with Crippen LogP contribution in [-0.4, -0.2) is 19.6 Å². The molecule has 3 rings (SSSR count). The van der Waals surface area contributed by atoms with Crippen LogP contribution in [0.25, 0.3) is 11.0 Å². The zero-order chi connectivity index (χ0) is 16.2. The molecule has 1 heterocycles. The number of para-hydroxylation sites is 3. The maximum absolute atomic E-state index is 12.4. The van der Waals surface area contributed by atoms with Crippen LogP contribution >= 0.6 is 0 Å². The first-order chi connectivity index (χ1) is 11.2. The third-order valence-corrected chi connectivity index (χ3v) is 3.39. The van der Waals surface area contributed by atoms with Crippen LogP contribution in [0.15, 0.2) is 52.9 Å². The summed E-state index contributed by atoms with van der Waals surface area (Å²) < 4.78 is 16.4. The fourth-order valence-electron chi connectivity index (χ4n) is 2.34. The molecule has 3 aromatic rings. The van der Waals surface area contributed by atoms with Gasteiger partial charge in [-0.3, -0.25) is 4.79 Å². The molecule has 0 radical (unpaired) electrons. The van der Waals surface area contributed by atoms with Gasteiger partial charge in [0.2, 0.25) is 0 Å². The Morgan fingerprint density at radius 2 is 1.91 bits per heavy atom. The summed E-state index contributed by atoms with van der Waals surface area (Å²) in [5, 5.41) is 3.62. The Labute approximate surface area is 133 Å². The fourth-order valence-corrected chi connectivity index (χ4v) is 2.34. The van der Waals surface area contributed by atoms with E-state index in [0.29, 0.717) is 29.4 Å². The number of nitrogens with one attached hydrogen (secondary N) is 1. The number of furan rings is 1. The summed E-state index contributed by atoms with van der Waals surface area (Å²) in [6, 6.07) is 14.5. The second-order valence-electron chi connectivity index (χ2n) is 4.87. The molecule has 0 spiro atoms. The number of amides is 1. The van der Waals surface area contributed by atoms with E-state index in [1.54, 1.807) is 31.4 Å². The van der Waals surface area contributed by atoms with E-state index in [4.69, 9.17) is 13.9 Å². The summed E-state index contributed by atoms with van der Waals surface area (Å²) in [6.07, 6.45) is 0. The maximum atomic E-state index is 12.4. The van der Waals surface area contributed by atoms with Crippen LogP contribution in [0.4, 0.5) is 5.69 Å². The van der Waals surface area contributed by atoms with E-state index in [0.717, 1.165) is 5.39 Å². The molecule has 0 saturated heterocycles. The van der Waals surface area contributed by atoms with Gasteiger partial charge >= 0.3 is 0 Å². The Bertz CT molecular complexity index is 838. The van der Waals surface area contributed by atoms with Crippen molar-refractivity contribution in [3.63, 3.8) is 0 Å². The van der Waals surface area contributed by atoms with Crippen molar-refractivity contribution in [3.8, 4) is 11.5 Å². The number of hydrogen-bond donors (Lipinski definition) is 1. The highest BCUT2D eigenvalue weighted by molar-refractivity contribution is 6.05. The van der Waals surface area contributed by atoms with Gasteiger partial charge in [0, 0.05) is 5.39 Å². The molecule has 23 heavy (non-hydrogen) atoms. The molecule has 0 bridgehead atoms. The second kappa shape index (κ2) is 6.44. The predicted octanol–water partition coefficient (Wildman–Crippen LogP) is 4.09. The molecule has 2 aromatic carbocycles. The van der Waals surface area contributed by atoms with Gasteiger partial charge in [-0.15, -0.1) is 0 Å². The Kier molecular flexibility index (Phi) is 4.19. The Hall–Kier alpha value is -2.95. The van der Waals surface area contributed by atoms with Crippen LogP contribution in [-0.2, 0) is 0 Å². The van der Waals surface area contributed by atoms with E-state index in [2.05, 4.69) is 5.32 Å². The smallest absolute Gasteiger partial charge is 0.291 e. The highest BCUT2D eigenvalue weighted by atomic mass is 16.5. The molecule has 0 aliphatic rings. The molecule has 5 nitrogen and oxygen atoms in total. The SMILES string of the molecule is CCOc1ccccc1NC(=O)c1cc2cccc(OC)c2o1. The molecule has 0 fully saturated rings. The lowest BCUT2D eigenvalue weighted by atomic mass is 10.2. The number of carbonyl (C=O) groups excluding carboxylic acids is 1. The van der Waals surface area contributed by atoms with E-state index in [1.165, 1.54) is 0 Å². The van der Waals surface area contributed by atoms with Gasteiger partial charge < -0.3 is 19.2 Å². The summed E-state index contributed by atoms with van der Waals surface area (Å²) in [7, 11) is 1.56. The van der Waals surface area contributed by atoms with Crippen LogP contribution in [0.1, 0.15) is 17.5 Å². The van der Waals surface area contributed by atoms with Gasteiger partial charge in [-0.05, 0) is 31.2 Å². The molecule has 0 saturated carbocycles. The van der Waals surface area contributed by atoms with Gasteiger partial charge in [0.1, 0.15) is 5.75 Å². The molecule has 118 valence electrons. The van der Waals surface area contributed by atoms with Gasteiger partial charge in [0.25, 0.3) is 5.91 Å². The maximum Gasteiger partial charge on any atom is 0.291 e. The van der Waals surface area contributed by atoms with Crippen molar-refractivity contribution in [2.45, 2.75) is 6.92 Å². The van der Waals surface area contributed by atoms with Crippen LogP contribution < -0.4 is 14.8 Å². The third-order valence-electron chi connectivity index (χ3n) is 3.39. The topological polar surface area (TPSA) is 60.7 Å². The van der Waals surface area contributed by atoms with E-state index < -0.39 is 0 Å². The number of anilines is 1. The third kappa shape index (κ3) is 2.99. The Morgan fingerprint density at radius 3 is 2.70 bits per heavy atom. The molecule has 0 aliphatic carbocycles. The molecular formula is C18H17NO4. The molecule has 1 N–H and O–H groups in total. The molecule has 1 aromatic heterocycles. The standard InChI is InChI=1S/C18H17NO4/c1-3-22-14-9-5-4-8-13(14)19-18(20)16-11-12-7-6-10-15(21-2)17(12)23-16/h4-11H,3H2,1-2H3,(H,19,20). The molecule has 0 unspecified atom stereocenters. The number of hydrogen-bond acceptors (Lipinski definition) is 4. The first kappa shape index (κ1) is 15.0. The van der Waals surface area contributed by atoms with E-state index in [9.17, 15) is 4.79 Å². The van der Waals surface area contributed by atoms with E-state index in [-0.39, 0.29) is 11.7 Å². The van der Waals surface area contributed by atoms with E-state index >= 15 is 0 Å². The Morgan fingerprint density at radius 1 is 1.13 bits per heavy atom. The minimum Gasteiger partial charge on any atom is -0.493 e. The quantitative estimate of drug-likeness (QED) is 0.771. The van der Waals surface area contributed by atoms with Gasteiger partial charge in [-0.25, -0.2) is 0 Å². The molecule has 5 heteroatoms.